The van der Waals surface area contributed by atoms with Crippen LogP contribution in [0.25, 0.3) is 0 Å². The number of ether oxygens (including phenoxy) is 2. The van der Waals surface area contributed by atoms with Crippen molar-refractivity contribution in [2.75, 3.05) is 40.4 Å². The summed E-state index contributed by atoms with van der Waals surface area (Å²) in [7, 11) is 3.10. The molecule has 1 fully saturated rings. The highest BCUT2D eigenvalue weighted by Crippen LogP contribution is 2.41. The van der Waals surface area contributed by atoms with Crippen LogP contribution in [-0.2, 0) is 6.18 Å². The Morgan fingerprint density at radius 1 is 1.04 bits per heavy atom. The number of halogens is 4. The van der Waals surface area contributed by atoms with Gasteiger partial charge in [-0.3, -0.25) is 4.90 Å². The zero-order valence-corrected chi connectivity index (χ0v) is 16.4. The van der Waals surface area contributed by atoms with Crippen LogP contribution in [0, 0.1) is 0 Å². The molecule has 1 aliphatic heterocycles. The number of hydrogen-bond acceptors (Lipinski definition) is 4. The normalized spacial score (nSPS) is 16.6. The number of alkyl halides is 3. The van der Waals surface area contributed by atoms with Crippen LogP contribution in [0.2, 0.25) is 5.02 Å². The highest BCUT2D eigenvalue weighted by molar-refractivity contribution is 6.31. The Bertz CT molecular complexity index is 824. The van der Waals surface area contributed by atoms with Gasteiger partial charge in [-0.15, -0.1) is 0 Å². The highest BCUT2D eigenvalue weighted by Gasteiger charge is 2.35. The molecular formula is C20H22ClF3N2O2. The van der Waals surface area contributed by atoms with Gasteiger partial charge in [-0.2, -0.15) is 13.2 Å². The molecule has 1 saturated heterocycles. The molecule has 1 aliphatic rings. The smallest absolute Gasteiger partial charge is 0.417 e. The van der Waals surface area contributed by atoms with E-state index in [0.717, 1.165) is 24.7 Å². The van der Waals surface area contributed by atoms with Crippen molar-refractivity contribution in [2.45, 2.75) is 12.2 Å². The Morgan fingerprint density at radius 2 is 1.75 bits per heavy atom. The molecule has 0 aromatic heterocycles. The van der Waals surface area contributed by atoms with Gasteiger partial charge in [0.05, 0.1) is 30.8 Å². The van der Waals surface area contributed by atoms with E-state index in [-0.39, 0.29) is 5.02 Å². The zero-order valence-electron chi connectivity index (χ0n) is 15.6. The van der Waals surface area contributed by atoms with Crippen LogP contribution in [0.15, 0.2) is 36.4 Å². The maximum absolute atomic E-state index is 13.4. The largest absolute Gasteiger partial charge is 0.497 e. The molecule has 0 radical (unpaired) electrons. The molecule has 1 N–H and O–H groups in total. The number of hydrogen-bond donors (Lipinski definition) is 1. The van der Waals surface area contributed by atoms with E-state index in [1.165, 1.54) is 6.07 Å². The van der Waals surface area contributed by atoms with Gasteiger partial charge in [0, 0.05) is 31.7 Å². The summed E-state index contributed by atoms with van der Waals surface area (Å²) in [6.45, 7) is 2.88. The van der Waals surface area contributed by atoms with Gasteiger partial charge in [0.15, 0.2) is 0 Å². The van der Waals surface area contributed by atoms with Gasteiger partial charge in [-0.05, 0) is 35.9 Å². The van der Waals surface area contributed by atoms with Crippen molar-refractivity contribution < 1.29 is 22.6 Å². The van der Waals surface area contributed by atoms with Gasteiger partial charge in [0.2, 0.25) is 0 Å². The lowest BCUT2D eigenvalue weighted by Crippen LogP contribution is -2.45. The molecule has 2 aromatic carbocycles. The van der Waals surface area contributed by atoms with Gasteiger partial charge in [-0.25, -0.2) is 0 Å². The summed E-state index contributed by atoms with van der Waals surface area (Å²) in [5.41, 5.74) is 0.415. The predicted molar refractivity (Wildman–Crippen MR) is 102 cm³/mol. The molecule has 1 unspecified atom stereocenters. The standard InChI is InChI=1S/C20H22ClF3N2O2/c1-27-14-4-6-18(28-2)15(12-14)19(26-9-7-25-8-10-26)13-3-5-17(21)16(11-13)20(22,23)24/h3-6,11-12,19,25H,7-10H2,1-2H3. The van der Waals surface area contributed by atoms with Crippen molar-refractivity contribution in [3.05, 3.63) is 58.1 Å². The number of nitrogens with one attached hydrogen (secondary N) is 1. The van der Waals surface area contributed by atoms with Crippen LogP contribution in [0.4, 0.5) is 13.2 Å². The zero-order chi connectivity index (χ0) is 20.3. The molecule has 28 heavy (non-hydrogen) atoms. The van der Waals surface area contributed by atoms with Gasteiger partial charge in [0.25, 0.3) is 0 Å². The van der Waals surface area contributed by atoms with Crippen LogP contribution in [-0.4, -0.2) is 45.3 Å². The third-order valence-corrected chi connectivity index (χ3v) is 5.19. The molecule has 1 heterocycles. The first-order valence-corrected chi connectivity index (χ1v) is 9.26. The summed E-state index contributed by atoms with van der Waals surface area (Å²) in [5, 5.41) is 2.96. The number of piperazine rings is 1. The van der Waals surface area contributed by atoms with Crippen LogP contribution < -0.4 is 14.8 Å². The lowest BCUT2D eigenvalue weighted by atomic mass is 9.94. The van der Waals surface area contributed by atoms with Gasteiger partial charge in [-0.1, -0.05) is 17.7 Å². The van der Waals surface area contributed by atoms with Crippen molar-refractivity contribution in [3.63, 3.8) is 0 Å². The molecule has 0 aliphatic carbocycles. The van der Waals surface area contributed by atoms with Crippen molar-refractivity contribution in [3.8, 4) is 11.5 Å². The topological polar surface area (TPSA) is 33.7 Å². The monoisotopic (exact) mass is 414 g/mol. The Labute approximate surface area is 167 Å². The summed E-state index contributed by atoms with van der Waals surface area (Å²) < 4.78 is 51.2. The van der Waals surface area contributed by atoms with Crippen LogP contribution in [0.5, 0.6) is 11.5 Å². The molecule has 0 spiro atoms. The molecule has 3 rings (SSSR count). The Morgan fingerprint density at radius 3 is 2.36 bits per heavy atom. The summed E-state index contributed by atoms with van der Waals surface area (Å²) in [6.07, 6.45) is -4.53. The average Bonchev–Trinajstić information content (AvgIpc) is 2.69. The SMILES string of the molecule is COc1ccc(OC)c(C(c2ccc(Cl)c(C(F)(F)F)c2)N2CCNCC2)c1. The molecule has 4 nitrogen and oxygen atoms in total. The van der Waals surface area contributed by atoms with Gasteiger partial charge < -0.3 is 14.8 Å². The van der Waals surface area contributed by atoms with E-state index in [4.69, 9.17) is 21.1 Å². The first-order chi connectivity index (χ1) is 13.3. The maximum Gasteiger partial charge on any atom is 0.417 e. The Balaban J connectivity index is 2.16. The summed E-state index contributed by atoms with van der Waals surface area (Å²) in [4.78, 5) is 2.14. The minimum absolute atomic E-state index is 0.312. The van der Waals surface area contributed by atoms with Crippen LogP contribution >= 0.6 is 11.6 Å². The van der Waals surface area contributed by atoms with Crippen molar-refractivity contribution in [2.24, 2.45) is 0 Å². The molecule has 2 aromatic rings. The molecule has 152 valence electrons. The number of methoxy groups -OCH3 is 2. The third kappa shape index (κ3) is 4.37. The summed E-state index contributed by atoms with van der Waals surface area (Å²) in [5.74, 6) is 1.20. The second kappa shape index (κ2) is 8.59. The Hall–Kier alpha value is -1.96. The van der Waals surface area contributed by atoms with E-state index in [0.29, 0.717) is 30.2 Å². The van der Waals surface area contributed by atoms with E-state index < -0.39 is 17.8 Å². The van der Waals surface area contributed by atoms with E-state index in [1.807, 2.05) is 6.07 Å². The van der Waals surface area contributed by atoms with E-state index >= 15 is 0 Å². The molecule has 0 saturated carbocycles. The van der Waals surface area contributed by atoms with Gasteiger partial charge in [0.1, 0.15) is 11.5 Å². The van der Waals surface area contributed by atoms with Crippen molar-refractivity contribution in [1.82, 2.24) is 10.2 Å². The quantitative estimate of drug-likeness (QED) is 0.787. The van der Waals surface area contributed by atoms with E-state index in [9.17, 15) is 13.2 Å². The van der Waals surface area contributed by atoms with Gasteiger partial charge >= 0.3 is 6.18 Å². The minimum atomic E-state index is -4.53. The molecular weight excluding hydrogens is 393 g/mol. The second-order valence-electron chi connectivity index (χ2n) is 6.53. The van der Waals surface area contributed by atoms with Crippen molar-refractivity contribution >= 4 is 11.6 Å². The number of rotatable bonds is 5. The lowest BCUT2D eigenvalue weighted by Gasteiger charge is -2.36. The van der Waals surface area contributed by atoms with E-state index in [1.54, 1.807) is 32.4 Å². The van der Waals surface area contributed by atoms with E-state index in [2.05, 4.69) is 10.2 Å². The third-order valence-electron chi connectivity index (χ3n) is 4.86. The fraction of sp³-hybridized carbons (Fsp3) is 0.400. The number of nitrogens with zero attached hydrogens (tertiary/aromatic N) is 1. The fourth-order valence-electron chi connectivity index (χ4n) is 3.51. The Kier molecular flexibility index (Phi) is 6.37. The summed E-state index contributed by atoms with van der Waals surface area (Å²) in [6, 6.07) is 9.00. The first-order valence-electron chi connectivity index (χ1n) is 8.88. The fourth-order valence-corrected chi connectivity index (χ4v) is 3.74. The average molecular weight is 415 g/mol. The summed E-state index contributed by atoms with van der Waals surface area (Å²) >= 11 is 5.84. The molecule has 0 bridgehead atoms. The highest BCUT2D eigenvalue weighted by atomic mass is 35.5. The second-order valence-corrected chi connectivity index (χ2v) is 6.94. The minimum Gasteiger partial charge on any atom is -0.497 e. The number of benzene rings is 2. The molecule has 0 amide bonds. The van der Waals surface area contributed by atoms with Crippen molar-refractivity contribution in [1.29, 1.82) is 0 Å². The molecule has 1 atom stereocenters. The maximum atomic E-state index is 13.4. The van der Waals surface area contributed by atoms with Crippen LogP contribution in [0.3, 0.4) is 0 Å². The van der Waals surface area contributed by atoms with Crippen LogP contribution in [0.1, 0.15) is 22.7 Å². The molecule has 8 heteroatoms. The first kappa shape index (κ1) is 20.8. The lowest BCUT2D eigenvalue weighted by molar-refractivity contribution is -0.137. The predicted octanol–water partition coefficient (Wildman–Crippen LogP) is 4.37.